The molecule has 0 aliphatic carbocycles. The van der Waals surface area contributed by atoms with E-state index in [1.165, 1.54) is 86.2 Å². The van der Waals surface area contributed by atoms with Gasteiger partial charge >= 0.3 is 0 Å². The lowest BCUT2D eigenvalue weighted by molar-refractivity contribution is 1.17. The Hall–Kier alpha value is -8.36. The first-order valence-corrected chi connectivity index (χ1v) is 23.9. The fourth-order valence-electron chi connectivity index (χ4n) is 10.8. The molecule has 0 aliphatic heterocycles. The highest BCUT2D eigenvalue weighted by Crippen LogP contribution is 2.42. The van der Waals surface area contributed by atoms with Gasteiger partial charge in [-0.25, -0.2) is 0 Å². The van der Waals surface area contributed by atoms with Gasteiger partial charge in [-0.3, -0.25) is 0 Å². The molecule has 0 radical (unpaired) electrons. The summed E-state index contributed by atoms with van der Waals surface area (Å²) in [6.45, 7) is 0. The summed E-state index contributed by atoms with van der Waals surface area (Å²) in [6.07, 6.45) is 0. The van der Waals surface area contributed by atoms with Gasteiger partial charge < -0.3 is 13.7 Å². The van der Waals surface area contributed by atoms with E-state index in [1.54, 1.807) is 0 Å². The number of nitrogens with zero attached hydrogens (tertiary/aromatic N) is 3. The summed E-state index contributed by atoms with van der Waals surface area (Å²) in [4.78, 5) is 0. The summed E-state index contributed by atoms with van der Waals surface area (Å²) >= 11 is 0. The molecule has 3 nitrogen and oxygen atoms in total. The van der Waals surface area contributed by atoms with Crippen LogP contribution in [0.1, 0.15) is 0 Å². The van der Waals surface area contributed by atoms with Crippen LogP contribution in [0.3, 0.4) is 0 Å². The lowest BCUT2D eigenvalue weighted by Crippen LogP contribution is -2.74. The summed E-state index contributed by atoms with van der Waals surface area (Å²) in [5, 5.41) is 12.7. The van der Waals surface area contributed by atoms with Crippen LogP contribution in [0.2, 0.25) is 0 Å². The van der Waals surface area contributed by atoms with E-state index >= 15 is 0 Å². The van der Waals surface area contributed by atoms with Gasteiger partial charge in [-0.15, -0.1) is 0 Å². The molecule has 1 atom stereocenters. The lowest BCUT2D eigenvalue weighted by Gasteiger charge is -2.34. The summed E-state index contributed by atoms with van der Waals surface area (Å²) in [5.41, 5.74) is 10.6. The van der Waals surface area contributed by atoms with Gasteiger partial charge in [0.25, 0.3) is 0 Å². The van der Waals surface area contributed by atoms with Crippen molar-refractivity contribution in [1.29, 1.82) is 0 Å². The van der Waals surface area contributed by atoms with Crippen molar-refractivity contribution in [3.8, 4) is 17.1 Å². The minimum absolute atomic E-state index is 1.13. The van der Waals surface area contributed by atoms with Crippen molar-refractivity contribution >= 4 is 94.2 Å². The van der Waals surface area contributed by atoms with Crippen LogP contribution in [0.25, 0.3) is 82.5 Å². The summed E-state index contributed by atoms with van der Waals surface area (Å²) < 4.78 is 7.35. The number of rotatable bonds is 7. The molecule has 4 heteroatoms. The van der Waals surface area contributed by atoms with Gasteiger partial charge in [0, 0.05) is 49.4 Å². The Kier molecular flexibility index (Phi) is 8.14. The molecule has 0 bridgehead atoms. The molecule has 13 rings (SSSR count). The number of hydrogen-bond donors (Lipinski definition) is 0. The number of hydrogen-bond acceptors (Lipinski definition) is 0. The molecule has 298 valence electrons. The van der Waals surface area contributed by atoms with Crippen LogP contribution in [0, 0.1) is 12.1 Å². The highest BCUT2D eigenvalue weighted by Gasteiger charge is 2.42. The molecule has 0 saturated carbocycles. The van der Waals surface area contributed by atoms with Gasteiger partial charge in [0.05, 0.1) is 33.1 Å². The molecule has 64 heavy (non-hydrogen) atoms. The molecule has 0 N–H and O–H groups in total. The SMILES string of the molecule is c1ccc([Si](c2ccccc2)(c2ccc(-n3c4ccccc4c4ccc5c(c6ccccc6n5-c5ccccc5)c43)cc2)c2cccc(-n3c4ccccc4c4ccccc43)c2)cc#1. The topological polar surface area (TPSA) is 14.8 Å². The minimum atomic E-state index is -2.99. The van der Waals surface area contributed by atoms with E-state index in [-0.39, 0.29) is 0 Å². The van der Waals surface area contributed by atoms with Gasteiger partial charge in [0.1, 0.15) is 0 Å². The smallest absolute Gasteiger partial charge is 0.180 e. The van der Waals surface area contributed by atoms with E-state index in [9.17, 15) is 0 Å². The maximum Gasteiger partial charge on any atom is 0.180 e. The van der Waals surface area contributed by atoms with E-state index in [1.807, 2.05) is 6.07 Å². The van der Waals surface area contributed by atoms with Crippen LogP contribution >= 0.6 is 0 Å². The van der Waals surface area contributed by atoms with Gasteiger partial charge in [-0.2, -0.15) is 0 Å². The van der Waals surface area contributed by atoms with Gasteiger partial charge in [0.2, 0.25) is 0 Å². The fraction of sp³-hybridized carbons (Fsp3) is 0. The Balaban J connectivity index is 1.07. The molecule has 0 aliphatic rings. The second-order valence-corrected chi connectivity index (χ2v) is 20.5. The lowest BCUT2D eigenvalue weighted by atomic mass is 10.1. The molecule has 0 spiro atoms. The zero-order chi connectivity index (χ0) is 42.2. The predicted octanol–water partition coefficient (Wildman–Crippen LogP) is 12.0. The minimum Gasteiger partial charge on any atom is -0.309 e. The third-order valence-corrected chi connectivity index (χ3v) is 18.2. The Bertz CT molecular complexity index is 3790. The highest BCUT2D eigenvalue weighted by atomic mass is 28.3. The quantitative estimate of drug-likeness (QED) is 0.112. The van der Waals surface area contributed by atoms with E-state index in [0.717, 1.165) is 17.1 Å². The van der Waals surface area contributed by atoms with Crippen LogP contribution in [0.5, 0.6) is 0 Å². The average Bonchev–Trinajstić information content (AvgIpc) is 4.01. The largest absolute Gasteiger partial charge is 0.309 e. The van der Waals surface area contributed by atoms with E-state index in [2.05, 4.69) is 256 Å². The van der Waals surface area contributed by atoms with Crippen LogP contribution in [-0.4, -0.2) is 21.8 Å². The summed E-state index contributed by atoms with van der Waals surface area (Å²) in [6, 6.07) is 93.7. The summed E-state index contributed by atoms with van der Waals surface area (Å²) in [5.74, 6) is 0. The third kappa shape index (κ3) is 5.23. The third-order valence-electron chi connectivity index (χ3n) is 13.5. The highest BCUT2D eigenvalue weighted by molar-refractivity contribution is 7.19. The first-order chi connectivity index (χ1) is 31.8. The number of para-hydroxylation sites is 5. The van der Waals surface area contributed by atoms with Crippen LogP contribution in [-0.2, 0) is 0 Å². The van der Waals surface area contributed by atoms with Crippen molar-refractivity contribution in [2.24, 2.45) is 0 Å². The summed E-state index contributed by atoms with van der Waals surface area (Å²) in [7, 11) is -2.99. The normalized spacial score (nSPS) is 11.9. The van der Waals surface area contributed by atoms with Crippen molar-refractivity contribution in [2.45, 2.75) is 0 Å². The Morgan fingerprint density at radius 1 is 0.297 bits per heavy atom. The van der Waals surface area contributed by atoms with Gasteiger partial charge in [-0.1, -0.05) is 170 Å². The van der Waals surface area contributed by atoms with Crippen molar-refractivity contribution in [3.63, 3.8) is 0 Å². The van der Waals surface area contributed by atoms with Crippen molar-refractivity contribution in [1.82, 2.24) is 13.7 Å². The van der Waals surface area contributed by atoms with Crippen molar-refractivity contribution < 1.29 is 0 Å². The van der Waals surface area contributed by atoms with Crippen LogP contribution in [0.4, 0.5) is 0 Å². The first kappa shape index (κ1) is 36.3. The zero-order valence-electron chi connectivity index (χ0n) is 34.9. The average molecular weight is 830 g/mol. The van der Waals surface area contributed by atoms with E-state index in [0.29, 0.717) is 0 Å². The fourth-order valence-corrected chi connectivity index (χ4v) is 15.5. The number of aromatic nitrogens is 3. The van der Waals surface area contributed by atoms with Crippen LogP contribution in [0.15, 0.2) is 237 Å². The molecule has 3 aromatic heterocycles. The Morgan fingerprint density at radius 2 is 0.797 bits per heavy atom. The number of benzene rings is 9. The monoisotopic (exact) mass is 829 g/mol. The standard InChI is InChI=1S/C60H39N3Si/c1-4-19-42(20-5-1)61-57-34-17-13-30-53(57)59-58(61)40-39-52-51-29-12-16-33-56(51)63(60(52)59)43-35-37-47(38-36-43)64(45-22-6-2-7-23-45,46-24-8-3-9-25-46)48-26-18-21-44(41-48)62-54-31-14-10-27-49(54)50-28-11-15-32-55(50)62/h1-2,4-8,10-41H. The van der Waals surface area contributed by atoms with Gasteiger partial charge in [-0.05, 0) is 99.6 Å². The zero-order valence-corrected chi connectivity index (χ0v) is 35.9. The molecule has 1 unspecified atom stereocenters. The second-order valence-electron chi connectivity index (χ2n) is 16.7. The van der Waals surface area contributed by atoms with Crippen LogP contribution < -0.4 is 20.7 Å². The van der Waals surface area contributed by atoms with Crippen molar-refractivity contribution in [2.75, 3.05) is 0 Å². The molecule has 10 aromatic carbocycles. The first-order valence-electron chi connectivity index (χ1n) is 21.9. The van der Waals surface area contributed by atoms with Crippen molar-refractivity contribution in [3.05, 3.63) is 249 Å². The Labute approximate surface area is 372 Å². The number of fused-ring (bicyclic) bond motifs is 10. The maximum absolute atomic E-state index is 3.38. The Morgan fingerprint density at radius 3 is 1.45 bits per heavy atom. The molecule has 0 fully saturated rings. The molecular formula is C60H39N3Si. The predicted molar refractivity (Wildman–Crippen MR) is 271 cm³/mol. The molecular weight excluding hydrogens is 791 g/mol. The van der Waals surface area contributed by atoms with E-state index in [4.69, 9.17) is 0 Å². The molecule has 0 saturated heterocycles. The molecule has 3 heterocycles. The van der Waals surface area contributed by atoms with Gasteiger partial charge in [0.15, 0.2) is 8.07 Å². The molecule has 0 amide bonds. The van der Waals surface area contributed by atoms with E-state index < -0.39 is 8.07 Å². The maximum atomic E-state index is 3.38. The second kappa shape index (κ2) is 14.4. The molecule has 13 aromatic rings.